The average Bonchev–Trinajstić information content (AvgIpc) is 3.04. The SMILES string of the molecule is CCOC(=O)C(C)[c-]1cccc1.[Fe].[cH-]1[cH-][cH-][cH-][cH-]1. The van der Waals surface area contributed by atoms with Gasteiger partial charge in [0.25, 0.3) is 0 Å². The van der Waals surface area contributed by atoms with Gasteiger partial charge in [-0.25, -0.2) is 12.1 Å². The van der Waals surface area contributed by atoms with Gasteiger partial charge < -0.3 is 35.1 Å². The summed E-state index contributed by atoms with van der Waals surface area (Å²) in [6.45, 7) is 4.12. The summed E-state index contributed by atoms with van der Waals surface area (Å²) in [5.41, 5.74) is 1.02. The Morgan fingerprint density at radius 2 is 1.61 bits per heavy atom. The number of esters is 1. The first-order chi connectivity index (χ1) is 8.25. The molecule has 0 fully saturated rings. The molecule has 2 rings (SSSR count). The van der Waals surface area contributed by atoms with E-state index in [4.69, 9.17) is 4.74 Å². The quantitative estimate of drug-likeness (QED) is 0.490. The van der Waals surface area contributed by atoms with Crippen LogP contribution in [0.15, 0.2) is 54.6 Å². The summed E-state index contributed by atoms with van der Waals surface area (Å²) in [7, 11) is 0. The molecule has 0 heterocycles. The fourth-order valence-electron chi connectivity index (χ4n) is 1.40. The van der Waals surface area contributed by atoms with Crippen molar-refractivity contribution in [2.75, 3.05) is 6.61 Å². The van der Waals surface area contributed by atoms with Crippen molar-refractivity contribution >= 4 is 5.97 Å². The predicted molar refractivity (Wildman–Crippen MR) is 69.1 cm³/mol. The standard InChI is InChI=1S/C10H13O2.C5H5.Fe/c1-3-12-10(11)8(2)9-6-4-5-7-9;1-2-4-5-3-1;/h4-8H,3H2,1-2H3;1-5H;/q-1;-5;. The summed E-state index contributed by atoms with van der Waals surface area (Å²) in [5, 5.41) is 0. The van der Waals surface area contributed by atoms with E-state index < -0.39 is 0 Å². The van der Waals surface area contributed by atoms with Crippen LogP contribution < -0.4 is 0 Å². The van der Waals surface area contributed by atoms with E-state index in [9.17, 15) is 4.79 Å². The second-order valence-electron chi connectivity index (χ2n) is 3.65. The first-order valence-electron chi connectivity index (χ1n) is 5.80. The van der Waals surface area contributed by atoms with E-state index >= 15 is 0 Å². The van der Waals surface area contributed by atoms with E-state index in [0.29, 0.717) is 6.61 Å². The summed E-state index contributed by atoms with van der Waals surface area (Å²) < 4.78 is 4.89. The number of carbonyl (C=O) groups is 1. The molecule has 2 nitrogen and oxygen atoms in total. The molecule has 0 spiro atoms. The van der Waals surface area contributed by atoms with Crippen molar-refractivity contribution in [2.24, 2.45) is 0 Å². The third-order valence-corrected chi connectivity index (χ3v) is 2.38. The second kappa shape index (κ2) is 9.69. The summed E-state index contributed by atoms with van der Waals surface area (Å²) in [5.74, 6) is -0.288. The molecular weight excluding hydrogens is 268 g/mol. The average molecular weight is 286 g/mol. The number of hydrogen-bond acceptors (Lipinski definition) is 2. The van der Waals surface area contributed by atoms with Crippen LogP contribution in [-0.2, 0) is 26.6 Å². The Balaban J connectivity index is 0.000000405. The maximum Gasteiger partial charge on any atom is 0.301 e. The van der Waals surface area contributed by atoms with Crippen LogP contribution in [0.2, 0.25) is 0 Å². The van der Waals surface area contributed by atoms with Crippen molar-refractivity contribution in [1.29, 1.82) is 0 Å². The molecule has 0 aromatic heterocycles. The van der Waals surface area contributed by atoms with Gasteiger partial charge in [-0.05, 0) is 6.92 Å². The van der Waals surface area contributed by atoms with E-state index in [1.54, 1.807) is 0 Å². The molecule has 1 unspecified atom stereocenters. The molecule has 104 valence electrons. The minimum Gasteiger partial charge on any atom is -0.748 e. The van der Waals surface area contributed by atoms with E-state index in [2.05, 4.69) is 0 Å². The normalized spacial score (nSPS) is 10.6. The third-order valence-electron chi connectivity index (χ3n) is 2.38. The number of hydrogen-bond donors (Lipinski definition) is 0. The first kappa shape index (κ1) is 16.7. The molecule has 0 amide bonds. The molecule has 0 bridgehead atoms. The molecule has 0 N–H and O–H groups in total. The molecule has 0 aliphatic carbocycles. The summed E-state index contributed by atoms with van der Waals surface area (Å²) >= 11 is 0. The molecule has 0 radical (unpaired) electrons. The topological polar surface area (TPSA) is 26.3 Å². The van der Waals surface area contributed by atoms with Crippen LogP contribution in [0.4, 0.5) is 0 Å². The Kier molecular flexibility index (Phi) is 8.99. The minimum atomic E-state index is -0.149. The maximum atomic E-state index is 11.2. The predicted octanol–water partition coefficient (Wildman–Crippen LogP) is 3.48. The van der Waals surface area contributed by atoms with Gasteiger partial charge in [0.2, 0.25) is 0 Å². The van der Waals surface area contributed by atoms with Crippen molar-refractivity contribution < 1.29 is 26.6 Å². The number of rotatable bonds is 3. The zero-order valence-corrected chi connectivity index (χ0v) is 11.8. The smallest absolute Gasteiger partial charge is 0.301 e. The monoisotopic (exact) mass is 286 g/mol. The van der Waals surface area contributed by atoms with E-state index in [1.165, 1.54) is 0 Å². The number of ether oxygens (including phenoxy) is 1. The third kappa shape index (κ3) is 5.85. The van der Waals surface area contributed by atoms with Crippen LogP contribution in [0.25, 0.3) is 0 Å². The van der Waals surface area contributed by atoms with Crippen LogP contribution in [0.1, 0.15) is 25.3 Å². The fraction of sp³-hybridized carbons (Fsp3) is 0.267. The van der Waals surface area contributed by atoms with Gasteiger partial charge in [-0.1, -0.05) is 6.92 Å². The van der Waals surface area contributed by atoms with Gasteiger partial charge in [0.15, 0.2) is 0 Å². The Morgan fingerprint density at radius 1 is 1.17 bits per heavy atom. The van der Waals surface area contributed by atoms with Crippen molar-refractivity contribution in [3.8, 4) is 0 Å². The molecule has 0 saturated heterocycles. The van der Waals surface area contributed by atoms with Crippen LogP contribution >= 0.6 is 0 Å². The van der Waals surface area contributed by atoms with Crippen molar-refractivity contribution in [2.45, 2.75) is 19.8 Å². The largest absolute Gasteiger partial charge is 0.748 e. The molecule has 0 saturated carbocycles. The van der Waals surface area contributed by atoms with E-state index in [0.717, 1.165) is 5.56 Å². The van der Waals surface area contributed by atoms with Gasteiger partial charge in [-0.2, -0.15) is 12.1 Å². The van der Waals surface area contributed by atoms with Gasteiger partial charge >= 0.3 is 5.97 Å². The zero-order valence-electron chi connectivity index (χ0n) is 10.7. The molecular formula is C15H18FeO2-6. The van der Waals surface area contributed by atoms with Crippen molar-refractivity contribution in [1.82, 2.24) is 0 Å². The molecule has 2 aromatic rings. The fourth-order valence-corrected chi connectivity index (χ4v) is 1.40. The van der Waals surface area contributed by atoms with Crippen LogP contribution in [-0.4, -0.2) is 12.6 Å². The Labute approximate surface area is 119 Å². The number of carbonyl (C=O) groups excluding carboxylic acids is 1. The Hall–Kier alpha value is -1.31. The minimum absolute atomic E-state index is 0. The van der Waals surface area contributed by atoms with E-state index in [1.807, 2.05) is 68.4 Å². The molecule has 0 aliphatic heterocycles. The molecule has 3 heteroatoms. The molecule has 18 heavy (non-hydrogen) atoms. The van der Waals surface area contributed by atoms with Gasteiger partial charge in [-0.3, -0.25) is 4.79 Å². The van der Waals surface area contributed by atoms with Crippen molar-refractivity contribution in [3.05, 3.63) is 60.2 Å². The second-order valence-corrected chi connectivity index (χ2v) is 3.65. The molecule has 1 atom stereocenters. The van der Waals surface area contributed by atoms with Crippen molar-refractivity contribution in [3.63, 3.8) is 0 Å². The van der Waals surface area contributed by atoms with Crippen LogP contribution in [0, 0.1) is 0 Å². The van der Waals surface area contributed by atoms with E-state index in [-0.39, 0.29) is 29.0 Å². The van der Waals surface area contributed by atoms with Gasteiger partial charge in [-0.15, -0.1) is 5.56 Å². The molecule has 0 aliphatic rings. The van der Waals surface area contributed by atoms with Crippen LogP contribution in [0.5, 0.6) is 0 Å². The summed E-state index contributed by atoms with van der Waals surface area (Å²) in [4.78, 5) is 11.2. The zero-order chi connectivity index (χ0) is 12.5. The Morgan fingerprint density at radius 3 is 2.00 bits per heavy atom. The van der Waals surface area contributed by atoms with Crippen LogP contribution in [0.3, 0.4) is 0 Å². The first-order valence-corrected chi connectivity index (χ1v) is 5.80. The van der Waals surface area contributed by atoms with Gasteiger partial charge in [0, 0.05) is 23.0 Å². The van der Waals surface area contributed by atoms with Gasteiger partial charge in [0.05, 0.1) is 6.61 Å². The summed E-state index contributed by atoms with van der Waals surface area (Å²) in [6.07, 6.45) is 0. The maximum absolute atomic E-state index is 11.2. The Bertz CT molecular complexity index is 373. The summed E-state index contributed by atoms with van der Waals surface area (Å²) in [6, 6.07) is 17.7. The molecule has 2 aromatic carbocycles. The van der Waals surface area contributed by atoms with Gasteiger partial charge in [0.1, 0.15) is 0 Å².